The molecule has 0 aromatic rings. The van der Waals surface area contributed by atoms with Crippen LogP contribution in [0.3, 0.4) is 0 Å². The van der Waals surface area contributed by atoms with Crippen LogP contribution in [-0.4, -0.2) is 58.5 Å². The molecule has 2 saturated heterocycles. The predicted octanol–water partition coefficient (Wildman–Crippen LogP) is 2.86. The Kier molecular flexibility index (Phi) is 4.95. The van der Waals surface area contributed by atoms with Crippen molar-refractivity contribution in [1.29, 1.82) is 0 Å². The van der Waals surface area contributed by atoms with E-state index >= 15 is 0 Å². The number of hydrogen-bond acceptors (Lipinski definition) is 3. The highest BCUT2D eigenvalue weighted by Crippen LogP contribution is 2.34. The predicted molar refractivity (Wildman–Crippen MR) is 86.0 cm³/mol. The van der Waals surface area contributed by atoms with E-state index in [1.165, 1.54) is 0 Å². The summed E-state index contributed by atoms with van der Waals surface area (Å²) in [5.41, 5.74) is -0.646. The number of carbonyl (C=O) groups excluding carboxylic acids is 2. The van der Waals surface area contributed by atoms with Crippen LogP contribution < -0.4 is 0 Å². The molecule has 126 valence electrons. The topological polar surface area (TPSA) is 49.9 Å². The second kappa shape index (κ2) is 6.26. The van der Waals surface area contributed by atoms with Crippen molar-refractivity contribution in [2.45, 2.75) is 58.1 Å². The minimum absolute atomic E-state index is 0.170. The molecule has 2 aliphatic heterocycles. The van der Waals surface area contributed by atoms with Gasteiger partial charge >= 0.3 is 6.09 Å². The fraction of sp³-hybridized carbons (Fsp3) is 0.875. The SMILES string of the molecule is CC(C)(C)OC(=O)N1CCC(C)(N2CC(CCl)CC2=O)CC1. The number of carbonyl (C=O) groups is 2. The Morgan fingerprint density at radius 1 is 1.36 bits per heavy atom. The van der Waals surface area contributed by atoms with Gasteiger partial charge in [0.25, 0.3) is 0 Å². The molecule has 0 spiro atoms. The Hall–Kier alpha value is -0.970. The number of nitrogens with zero attached hydrogens (tertiary/aromatic N) is 2. The Balaban J connectivity index is 1.93. The molecule has 1 atom stereocenters. The van der Waals surface area contributed by atoms with Crippen LogP contribution in [0.15, 0.2) is 0 Å². The third-order valence-electron chi connectivity index (χ3n) is 4.57. The van der Waals surface area contributed by atoms with Gasteiger partial charge in [0.2, 0.25) is 5.91 Å². The number of ether oxygens (including phenoxy) is 1. The molecule has 5 nitrogen and oxygen atoms in total. The molecule has 2 fully saturated rings. The summed E-state index contributed by atoms with van der Waals surface area (Å²) in [6, 6.07) is 0. The van der Waals surface area contributed by atoms with Gasteiger partial charge < -0.3 is 14.5 Å². The molecule has 0 N–H and O–H groups in total. The molecular weight excluding hydrogens is 304 g/mol. The first kappa shape index (κ1) is 17.4. The van der Waals surface area contributed by atoms with Crippen molar-refractivity contribution in [3.8, 4) is 0 Å². The number of likely N-dealkylation sites (tertiary alicyclic amines) is 2. The summed E-state index contributed by atoms with van der Waals surface area (Å²) < 4.78 is 5.42. The van der Waals surface area contributed by atoms with Gasteiger partial charge in [-0.1, -0.05) is 0 Å². The largest absolute Gasteiger partial charge is 0.444 e. The van der Waals surface area contributed by atoms with Crippen LogP contribution in [0.1, 0.15) is 47.0 Å². The molecule has 0 saturated carbocycles. The summed E-state index contributed by atoms with van der Waals surface area (Å²) in [4.78, 5) is 28.0. The lowest BCUT2D eigenvalue weighted by atomic mass is 9.88. The monoisotopic (exact) mass is 330 g/mol. The summed E-state index contributed by atoms with van der Waals surface area (Å²) in [6.45, 7) is 9.72. The second-order valence-electron chi connectivity index (χ2n) is 7.69. The van der Waals surface area contributed by atoms with Gasteiger partial charge in [-0.25, -0.2) is 4.79 Å². The van der Waals surface area contributed by atoms with Crippen molar-refractivity contribution >= 4 is 23.6 Å². The summed E-state index contributed by atoms with van der Waals surface area (Å²) in [5, 5.41) is 0. The lowest BCUT2D eigenvalue weighted by Crippen LogP contribution is -2.55. The Morgan fingerprint density at radius 2 is 1.95 bits per heavy atom. The van der Waals surface area contributed by atoms with Gasteiger partial charge in [0.15, 0.2) is 0 Å². The molecule has 2 heterocycles. The van der Waals surface area contributed by atoms with Gasteiger partial charge in [-0.2, -0.15) is 0 Å². The van der Waals surface area contributed by atoms with Gasteiger partial charge in [-0.05, 0) is 46.5 Å². The van der Waals surface area contributed by atoms with Crippen LogP contribution in [-0.2, 0) is 9.53 Å². The number of alkyl halides is 1. The van der Waals surface area contributed by atoms with Crippen LogP contribution in [0, 0.1) is 5.92 Å². The zero-order chi connectivity index (χ0) is 16.5. The van der Waals surface area contributed by atoms with Gasteiger partial charge in [0.05, 0.1) is 0 Å². The van der Waals surface area contributed by atoms with Gasteiger partial charge in [0.1, 0.15) is 5.60 Å². The van der Waals surface area contributed by atoms with Crippen molar-refractivity contribution in [1.82, 2.24) is 9.80 Å². The van der Waals surface area contributed by atoms with Crippen molar-refractivity contribution in [2.24, 2.45) is 5.92 Å². The normalized spacial score (nSPS) is 25.5. The molecular formula is C16H27ClN2O3. The fourth-order valence-electron chi connectivity index (χ4n) is 3.17. The highest BCUT2D eigenvalue weighted by atomic mass is 35.5. The van der Waals surface area contributed by atoms with E-state index in [-0.39, 0.29) is 23.5 Å². The van der Waals surface area contributed by atoms with E-state index < -0.39 is 5.60 Å². The zero-order valence-corrected chi connectivity index (χ0v) is 14.8. The smallest absolute Gasteiger partial charge is 0.410 e. The van der Waals surface area contributed by atoms with Crippen LogP contribution in [0.4, 0.5) is 4.79 Å². The van der Waals surface area contributed by atoms with Crippen molar-refractivity contribution in [3.05, 3.63) is 0 Å². The van der Waals surface area contributed by atoms with Crippen LogP contribution in [0.5, 0.6) is 0 Å². The van der Waals surface area contributed by atoms with Crippen molar-refractivity contribution in [3.63, 3.8) is 0 Å². The summed E-state index contributed by atoms with van der Waals surface area (Å²) in [7, 11) is 0. The summed E-state index contributed by atoms with van der Waals surface area (Å²) in [6.07, 6.45) is 1.86. The van der Waals surface area contributed by atoms with Gasteiger partial charge in [-0.3, -0.25) is 4.79 Å². The molecule has 22 heavy (non-hydrogen) atoms. The number of rotatable bonds is 2. The second-order valence-corrected chi connectivity index (χ2v) is 8.00. The maximum atomic E-state index is 12.2. The fourth-order valence-corrected chi connectivity index (χ4v) is 3.38. The third-order valence-corrected chi connectivity index (χ3v) is 5.00. The number of halogens is 1. The lowest BCUT2D eigenvalue weighted by Gasteiger charge is -2.45. The van der Waals surface area contributed by atoms with E-state index in [9.17, 15) is 9.59 Å². The van der Waals surface area contributed by atoms with Gasteiger partial charge in [-0.15, -0.1) is 11.6 Å². The standard InChI is InChI=1S/C16H27ClN2O3/c1-15(2,3)22-14(21)18-7-5-16(4,6-8-18)19-11-12(10-17)9-13(19)20/h12H,5-11H2,1-4H3. The molecule has 0 aliphatic carbocycles. The summed E-state index contributed by atoms with van der Waals surface area (Å²) >= 11 is 5.90. The Morgan fingerprint density at radius 3 is 2.41 bits per heavy atom. The molecule has 0 aromatic heterocycles. The summed E-state index contributed by atoms with van der Waals surface area (Å²) in [5.74, 6) is 0.983. The highest BCUT2D eigenvalue weighted by molar-refractivity contribution is 6.18. The molecule has 2 rings (SSSR count). The first-order valence-corrected chi connectivity index (χ1v) is 8.52. The van der Waals surface area contributed by atoms with E-state index in [2.05, 4.69) is 6.92 Å². The lowest BCUT2D eigenvalue weighted by molar-refractivity contribution is -0.134. The van der Waals surface area contributed by atoms with Crippen LogP contribution in [0.25, 0.3) is 0 Å². The highest BCUT2D eigenvalue weighted by Gasteiger charge is 2.43. The van der Waals surface area contributed by atoms with E-state index in [0.717, 1.165) is 19.4 Å². The first-order valence-electron chi connectivity index (χ1n) is 7.99. The quantitative estimate of drug-likeness (QED) is 0.731. The molecule has 6 heteroatoms. The number of amides is 2. The molecule has 2 amide bonds. The minimum atomic E-state index is -0.476. The molecule has 0 aromatic carbocycles. The zero-order valence-electron chi connectivity index (χ0n) is 14.0. The molecule has 0 bridgehead atoms. The number of hydrogen-bond donors (Lipinski definition) is 0. The van der Waals surface area contributed by atoms with Crippen LogP contribution >= 0.6 is 11.6 Å². The van der Waals surface area contributed by atoms with E-state index in [1.54, 1.807) is 4.90 Å². The van der Waals surface area contributed by atoms with Gasteiger partial charge in [0, 0.05) is 37.5 Å². The third kappa shape index (κ3) is 3.86. The first-order chi connectivity index (χ1) is 10.1. The minimum Gasteiger partial charge on any atom is -0.444 e. The Labute approximate surface area is 137 Å². The average Bonchev–Trinajstić information content (AvgIpc) is 2.79. The Bertz CT molecular complexity index is 439. The average molecular weight is 331 g/mol. The maximum Gasteiger partial charge on any atom is 0.410 e. The van der Waals surface area contributed by atoms with Crippen molar-refractivity contribution < 1.29 is 14.3 Å². The molecule has 0 radical (unpaired) electrons. The molecule has 2 aliphatic rings. The van der Waals surface area contributed by atoms with E-state index in [4.69, 9.17) is 16.3 Å². The van der Waals surface area contributed by atoms with E-state index in [1.807, 2.05) is 25.7 Å². The van der Waals surface area contributed by atoms with Crippen molar-refractivity contribution in [2.75, 3.05) is 25.5 Å². The van der Waals surface area contributed by atoms with E-state index in [0.29, 0.717) is 25.4 Å². The van der Waals surface area contributed by atoms with Crippen LogP contribution in [0.2, 0.25) is 0 Å². The maximum absolute atomic E-state index is 12.2. The molecule has 1 unspecified atom stereocenters. The number of piperidine rings is 1.